The molecule has 26 heavy (non-hydrogen) atoms. The average molecular weight is 381 g/mol. The van der Waals surface area contributed by atoms with Crippen molar-refractivity contribution in [1.29, 1.82) is 0 Å². The molecule has 3 rings (SSSR count). The van der Waals surface area contributed by atoms with E-state index in [0.29, 0.717) is 6.16 Å². The normalized spacial score (nSPS) is 11.4. The van der Waals surface area contributed by atoms with Crippen LogP contribution in [0.3, 0.4) is 0 Å². The number of pyridine rings is 1. The molecule has 0 radical (unpaired) electrons. The summed E-state index contributed by atoms with van der Waals surface area (Å²) in [6.07, 6.45) is 2.37. The number of aromatic amines is 1. The highest BCUT2D eigenvalue weighted by atomic mass is 31.2. The summed E-state index contributed by atoms with van der Waals surface area (Å²) in [4.78, 5) is 3.19. The van der Waals surface area contributed by atoms with E-state index >= 15 is 0 Å². The van der Waals surface area contributed by atoms with Crippen LogP contribution in [0, 0.1) is 0 Å². The molecule has 0 unspecified atom stereocenters. The van der Waals surface area contributed by atoms with Crippen LogP contribution in [0.15, 0.2) is 85.1 Å². The van der Waals surface area contributed by atoms with Gasteiger partial charge in [0.05, 0.1) is 6.16 Å². The lowest BCUT2D eigenvalue weighted by molar-refractivity contribution is -0.388. The number of hydrogen-bond donors (Lipinski definition) is 0. The van der Waals surface area contributed by atoms with E-state index < -0.39 is 14.4 Å². The molecule has 0 amide bonds. The van der Waals surface area contributed by atoms with Gasteiger partial charge in [-0.05, 0) is 0 Å². The smallest absolute Gasteiger partial charge is 0.418 e. The Morgan fingerprint density at radius 3 is 1.54 bits per heavy atom. The Bertz CT molecular complexity index is 796. The van der Waals surface area contributed by atoms with Gasteiger partial charge in [0.25, 0.3) is 0 Å². The second-order valence-electron chi connectivity index (χ2n) is 5.45. The fourth-order valence-electron chi connectivity index (χ4n) is 2.44. The molecule has 0 saturated carbocycles. The van der Waals surface area contributed by atoms with Crippen LogP contribution in [0.2, 0.25) is 0 Å². The second kappa shape index (κ2) is 8.81. The van der Waals surface area contributed by atoms with Crippen molar-refractivity contribution in [3.8, 4) is 0 Å². The largest absolute Gasteiger partial charge is 0.673 e. The summed E-state index contributed by atoms with van der Waals surface area (Å²) in [7, 11) is -8.68. The number of H-pyrrole nitrogens is 1. The highest BCUT2D eigenvalue weighted by molar-refractivity contribution is 7.78. The molecule has 0 aliphatic rings. The van der Waals surface area contributed by atoms with Crippen LogP contribution in [0.1, 0.15) is 5.69 Å². The van der Waals surface area contributed by atoms with Crippen molar-refractivity contribution in [2.24, 2.45) is 0 Å². The molecule has 1 heterocycles. The zero-order chi connectivity index (χ0) is 19.0. The number of rotatable bonds is 4. The Hall–Kier alpha value is -2.40. The predicted octanol–water partition coefficient (Wildman–Crippen LogP) is 4.31. The summed E-state index contributed by atoms with van der Waals surface area (Å²) in [5.41, 5.74) is 0.980. The summed E-state index contributed by atoms with van der Waals surface area (Å²) < 4.78 is 52.8. The number of hydrogen-bond acceptors (Lipinski definition) is 1. The molecule has 0 fully saturated rings. The molecule has 2 aromatic carbocycles. The van der Waals surface area contributed by atoms with E-state index in [4.69, 9.17) is 0 Å². The Balaban J connectivity index is 0.000000431. The molecular formula is C18H17BF4NOP. The fourth-order valence-corrected chi connectivity index (χ4v) is 5.09. The van der Waals surface area contributed by atoms with Crippen molar-refractivity contribution in [3.05, 3.63) is 90.8 Å². The minimum Gasteiger partial charge on any atom is -0.418 e. The van der Waals surface area contributed by atoms with E-state index in [0.717, 1.165) is 16.3 Å². The lowest BCUT2D eigenvalue weighted by Crippen LogP contribution is -2.20. The third-order valence-electron chi connectivity index (χ3n) is 3.51. The van der Waals surface area contributed by atoms with Crippen LogP contribution >= 0.6 is 7.14 Å². The maximum absolute atomic E-state index is 13.8. The molecule has 8 heteroatoms. The van der Waals surface area contributed by atoms with Crippen molar-refractivity contribution in [1.82, 2.24) is 0 Å². The van der Waals surface area contributed by atoms with Gasteiger partial charge in [-0.2, -0.15) is 0 Å². The van der Waals surface area contributed by atoms with Gasteiger partial charge in [0.15, 0.2) is 19.0 Å². The van der Waals surface area contributed by atoms with Gasteiger partial charge in [0.1, 0.15) is 0 Å². The molecule has 1 N–H and O–H groups in total. The molecule has 0 saturated heterocycles. The van der Waals surface area contributed by atoms with Gasteiger partial charge < -0.3 is 21.8 Å². The van der Waals surface area contributed by atoms with Gasteiger partial charge in [0.2, 0.25) is 0 Å². The van der Waals surface area contributed by atoms with Crippen LogP contribution < -0.4 is 15.6 Å². The minimum atomic E-state index is -6.00. The standard InChI is InChI=1S/C18H16NOP.BF4/c20-21(17-10-3-1-4-11-17,18-12-5-2-6-13-18)15-16-9-7-8-14-19-16;2-1(3,4)5/h1-14H,15H2;/q;-1/p+1. The maximum Gasteiger partial charge on any atom is 0.673 e. The Morgan fingerprint density at radius 1 is 0.731 bits per heavy atom. The average Bonchev–Trinajstić information content (AvgIpc) is 2.63. The fraction of sp³-hybridized carbons (Fsp3) is 0.0556. The van der Waals surface area contributed by atoms with Gasteiger partial charge in [-0.25, -0.2) is 4.98 Å². The van der Waals surface area contributed by atoms with E-state index in [1.54, 1.807) is 0 Å². The highest BCUT2D eigenvalue weighted by Gasteiger charge is 2.29. The molecule has 1 aromatic heterocycles. The van der Waals surface area contributed by atoms with Crippen molar-refractivity contribution < 1.29 is 26.8 Å². The van der Waals surface area contributed by atoms with E-state index in [2.05, 4.69) is 4.98 Å². The molecule has 136 valence electrons. The first-order valence-electron chi connectivity index (χ1n) is 7.82. The summed E-state index contributed by atoms with van der Waals surface area (Å²) in [6.45, 7) is 0. The predicted molar refractivity (Wildman–Crippen MR) is 96.6 cm³/mol. The van der Waals surface area contributed by atoms with Gasteiger partial charge in [-0.3, -0.25) is 0 Å². The van der Waals surface area contributed by atoms with Crippen molar-refractivity contribution in [2.75, 3.05) is 0 Å². The first kappa shape index (κ1) is 19.9. The van der Waals surface area contributed by atoms with Crippen LogP contribution in [-0.2, 0) is 10.7 Å². The van der Waals surface area contributed by atoms with Crippen LogP contribution in [0.4, 0.5) is 17.3 Å². The van der Waals surface area contributed by atoms with Crippen molar-refractivity contribution in [2.45, 2.75) is 6.16 Å². The SMILES string of the molecule is F[B-](F)(F)F.O=P(Cc1cccc[nH+]1)(c1ccccc1)c1ccccc1. The van der Waals surface area contributed by atoms with Crippen LogP contribution in [-0.4, -0.2) is 7.25 Å². The molecule has 0 aliphatic heterocycles. The topological polar surface area (TPSA) is 31.2 Å². The Morgan fingerprint density at radius 2 is 1.15 bits per heavy atom. The number of benzene rings is 2. The van der Waals surface area contributed by atoms with Gasteiger partial charge in [-0.15, -0.1) is 0 Å². The van der Waals surface area contributed by atoms with Gasteiger partial charge in [0, 0.05) is 22.7 Å². The monoisotopic (exact) mass is 381 g/mol. The van der Waals surface area contributed by atoms with Crippen LogP contribution in [0.5, 0.6) is 0 Å². The van der Waals surface area contributed by atoms with E-state index in [1.165, 1.54) is 0 Å². The zero-order valence-corrected chi connectivity index (χ0v) is 14.6. The number of aromatic nitrogens is 1. The molecule has 0 atom stereocenters. The number of nitrogens with one attached hydrogen (secondary N) is 1. The molecule has 0 aliphatic carbocycles. The molecule has 2 nitrogen and oxygen atoms in total. The Labute approximate surface area is 149 Å². The van der Waals surface area contributed by atoms with Crippen molar-refractivity contribution >= 4 is 25.0 Å². The zero-order valence-electron chi connectivity index (χ0n) is 13.7. The minimum absolute atomic E-state index is 0.502. The summed E-state index contributed by atoms with van der Waals surface area (Å²) in [5.74, 6) is 0. The summed E-state index contributed by atoms with van der Waals surface area (Å²) >= 11 is 0. The molecule has 0 bridgehead atoms. The molecule has 0 spiro atoms. The second-order valence-corrected chi connectivity index (χ2v) is 8.28. The first-order chi connectivity index (χ1) is 12.3. The highest BCUT2D eigenvalue weighted by Crippen LogP contribution is 2.45. The third kappa shape index (κ3) is 6.15. The molecule has 3 aromatic rings. The van der Waals surface area contributed by atoms with Crippen molar-refractivity contribution in [3.63, 3.8) is 0 Å². The maximum atomic E-state index is 13.8. The van der Waals surface area contributed by atoms with Crippen LogP contribution in [0.25, 0.3) is 0 Å². The molecular weight excluding hydrogens is 364 g/mol. The lowest BCUT2D eigenvalue weighted by Gasteiger charge is -2.17. The lowest BCUT2D eigenvalue weighted by atomic mass is 10.3. The van der Waals surface area contributed by atoms with Gasteiger partial charge >= 0.3 is 7.25 Å². The number of halogens is 4. The Kier molecular flexibility index (Phi) is 6.75. The quantitative estimate of drug-likeness (QED) is 0.376. The summed E-state index contributed by atoms with van der Waals surface area (Å²) in [5, 5.41) is 1.79. The summed E-state index contributed by atoms with van der Waals surface area (Å²) in [6, 6.07) is 25.4. The van der Waals surface area contributed by atoms with Gasteiger partial charge in [-0.1, -0.05) is 66.7 Å². The first-order valence-corrected chi connectivity index (χ1v) is 9.71. The van der Waals surface area contributed by atoms with E-state index in [9.17, 15) is 21.8 Å². The van der Waals surface area contributed by atoms with E-state index in [1.807, 2.05) is 85.1 Å². The third-order valence-corrected chi connectivity index (χ3v) is 6.56. The van der Waals surface area contributed by atoms with E-state index in [-0.39, 0.29) is 0 Å².